The van der Waals surface area contributed by atoms with E-state index < -0.39 is 0 Å². The predicted molar refractivity (Wildman–Crippen MR) is 82.4 cm³/mol. The monoisotopic (exact) mass is 268 g/mol. The van der Waals surface area contributed by atoms with Crippen LogP contribution in [0.25, 0.3) is 21.6 Å². The Morgan fingerprint density at radius 3 is 2.28 bits per heavy atom. The Bertz CT molecular complexity index is 654. The molecule has 0 atom stereocenters. The zero-order chi connectivity index (χ0) is 12.4. The standard InChI is InChI=1S/C16H12S2/c17-15-9-5-4-8-14(15)16-10-13(11-18-16)12-6-2-1-3-7-12/h1-11,17H. The summed E-state index contributed by atoms with van der Waals surface area (Å²) in [6, 6.07) is 20.9. The second-order valence-electron chi connectivity index (χ2n) is 4.08. The molecule has 0 fully saturated rings. The van der Waals surface area contributed by atoms with Gasteiger partial charge in [-0.2, -0.15) is 0 Å². The van der Waals surface area contributed by atoms with E-state index in [9.17, 15) is 0 Å². The molecular weight excluding hydrogens is 256 g/mol. The van der Waals surface area contributed by atoms with Gasteiger partial charge < -0.3 is 0 Å². The van der Waals surface area contributed by atoms with Crippen molar-refractivity contribution in [2.24, 2.45) is 0 Å². The van der Waals surface area contributed by atoms with Crippen molar-refractivity contribution in [3.8, 4) is 21.6 Å². The number of rotatable bonds is 2. The summed E-state index contributed by atoms with van der Waals surface area (Å²) >= 11 is 6.28. The van der Waals surface area contributed by atoms with Crippen molar-refractivity contribution in [3.63, 3.8) is 0 Å². The summed E-state index contributed by atoms with van der Waals surface area (Å²) in [6.07, 6.45) is 0. The highest BCUT2D eigenvalue weighted by Crippen LogP contribution is 2.35. The van der Waals surface area contributed by atoms with E-state index in [1.54, 1.807) is 11.3 Å². The van der Waals surface area contributed by atoms with Crippen LogP contribution in [-0.2, 0) is 0 Å². The molecule has 0 saturated carbocycles. The Kier molecular flexibility index (Phi) is 3.22. The molecule has 3 rings (SSSR count). The average Bonchev–Trinajstić information content (AvgIpc) is 2.90. The van der Waals surface area contributed by atoms with Crippen molar-refractivity contribution < 1.29 is 0 Å². The van der Waals surface area contributed by atoms with Gasteiger partial charge in [0.1, 0.15) is 0 Å². The van der Waals surface area contributed by atoms with Gasteiger partial charge in [0.2, 0.25) is 0 Å². The Hall–Kier alpha value is -1.51. The van der Waals surface area contributed by atoms with Crippen LogP contribution in [0.1, 0.15) is 0 Å². The molecule has 0 unspecified atom stereocenters. The van der Waals surface area contributed by atoms with Gasteiger partial charge in [0.25, 0.3) is 0 Å². The van der Waals surface area contributed by atoms with Crippen LogP contribution in [0.3, 0.4) is 0 Å². The molecule has 0 N–H and O–H groups in total. The molecule has 0 amide bonds. The lowest BCUT2D eigenvalue weighted by molar-refractivity contribution is 1.48. The Balaban J connectivity index is 2.03. The van der Waals surface area contributed by atoms with Crippen molar-refractivity contribution in [1.82, 2.24) is 0 Å². The maximum atomic E-state index is 4.51. The summed E-state index contributed by atoms with van der Waals surface area (Å²) in [5.41, 5.74) is 3.73. The van der Waals surface area contributed by atoms with E-state index in [0.717, 1.165) is 4.90 Å². The highest BCUT2D eigenvalue weighted by Gasteiger charge is 2.06. The topological polar surface area (TPSA) is 0 Å². The fourth-order valence-electron chi connectivity index (χ4n) is 1.94. The number of thiol groups is 1. The minimum Gasteiger partial charge on any atom is -0.143 e. The summed E-state index contributed by atoms with van der Waals surface area (Å²) in [7, 11) is 0. The normalized spacial score (nSPS) is 10.5. The molecule has 0 spiro atoms. The second-order valence-corrected chi connectivity index (χ2v) is 5.48. The predicted octanol–water partition coefficient (Wildman–Crippen LogP) is 5.37. The first-order valence-corrected chi connectivity index (χ1v) is 7.09. The van der Waals surface area contributed by atoms with Crippen LogP contribution in [0.15, 0.2) is 70.9 Å². The third-order valence-electron chi connectivity index (χ3n) is 2.88. The molecule has 1 aromatic heterocycles. The lowest BCUT2D eigenvalue weighted by atomic mass is 10.1. The van der Waals surface area contributed by atoms with E-state index >= 15 is 0 Å². The van der Waals surface area contributed by atoms with Gasteiger partial charge in [-0.1, -0.05) is 48.5 Å². The molecule has 1 heterocycles. The van der Waals surface area contributed by atoms with E-state index in [1.165, 1.54) is 21.6 Å². The summed E-state index contributed by atoms with van der Waals surface area (Å²) < 4.78 is 0. The van der Waals surface area contributed by atoms with Crippen molar-refractivity contribution in [1.29, 1.82) is 0 Å². The molecule has 0 saturated heterocycles. The molecule has 2 aromatic carbocycles. The lowest BCUT2D eigenvalue weighted by Crippen LogP contribution is -1.75. The molecule has 0 aliphatic rings. The highest BCUT2D eigenvalue weighted by molar-refractivity contribution is 7.80. The second kappa shape index (κ2) is 5.01. The summed E-state index contributed by atoms with van der Waals surface area (Å²) in [4.78, 5) is 2.29. The smallest absolute Gasteiger partial charge is 0.0360 e. The van der Waals surface area contributed by atoms with E-state index in [0.29, 0.717) is 0 Å². The van der Waals surface area contributed by atoms with Gasteiger partial charge in [0, 0.05) is 15.3 Å². The fourth-order valence-corrected chi connectivity index (χ4v) is 3.26. The van der Waals surface area contributed by atoms with Gasteiger partial charge in [-0.15, -0.1) is 24.0 Å². The highest BCUT2D eigenvalue weighted by atomic mass is 32.1. The summed E-state index contributed by atoms with van der Waals surface area (Å²) in [6.45, 7) is 0. The minimum absolute atomic E-state index is 1.03. The van der Waals surface area contributed by atoms with E-state index in [1.807, 2.05) is 18.2 Å². The Morgan fingerprint density at radius 1 is 0.778 bits per heavy atom. The molecule has 0 radical (unpaired) electrons. The molecule has 0 aliphatic heterocycles. The number of benzene rings is 2. The molecule has 88 valence electrons. The minimum atomic E-state index is 1.03. The van der Waals surface area contributed by atoms with Crippen molar-refractivity contribution >= 4 is 24.0 Å². The number of hydrogen-bond acceptors (Lipinski definition) is 2. The summed E-state index contributed by atoms with van der Waals surface area (Å²) in [5, 5.41) is 2.20. The van der Waals surface area contributed by atoms with Crippen LogP contribution < -0.4 is 0 Å². The van der Waals surface area contributed by atoms with E-state index in [2.05, 4.69) is 60.5 Å². The van der Waals surface area contributed by atoms with Crippen molar-refractivity contribution in [2.45, 2.75) is 4.90 Å². The van der Waals surface area contributed by atoms with Crippen LogP contribution in [0.2, 0.25) is 0 Å². The molecule has 0 nitrogen and oxygen atoms in total. The molecule has 0 aliphatic carbocycles. The fraction of sp³-hybridized carbons (Fsp3) is 0. The summed E-state index contributed by atoms with van der Waals surface area (Å²) in [5.74, 6) is 0. The van der Waals surface area contributed by atoms with Gasteiger partial charge >= 0.3 is 0 Å². The van der Waals surface area contributed by atoms with Crippen LogP contribution in [-0.4, -0.2) is 0 Å². The lowest BCUT2D eigenvalue weighted by Gasteiger charge is -2.00. The zero-order valence-electron chi connectivity index (χ0n) is 9.71. The third kappa shape index (κ3) is 2.22. The SMILES string of the molecule is Sc1ccccc1-c1cc(-c2ccccc2)cs1. The molecule has 18 heavy (non-hydrogen) atoms. The largest absolute Gasteiger partial charge is 0.143 e. The molecule has 3 aromatic rings. The van der Waals surface area contributed by atoms with Gasteiger partial charge in [0.15, 0.2) is 0 Å². The van der Waals surface area contributed by atoms with Crippen LogP contribution >= 0.6 is 24.0 Å². The number of hydrogen-bond donors (Lipinski definition) is 1. The maximum absolute atomic E-state index is 4.51. The third-order valence-corrected chi connectivity index (χ3v) is 4.23. The van der Waals surface area contributed by atoms with Crippen LogP contribution in [0.5, 0.6) is 0 Å². The zero-order valence-corrected chi connectivity index (χ0v) is 11.4. The van der Waals surface area contributed by atoms with Crippen molar-refractivity contribution in [3.05, 3.63) is 66.0 Å². The first kappa shape index (κ1) is 11.6. The number of thiophene rings is 1. The van der Waals surface area contributed by atoms with Gasteiger partial charge in [-0.3, -0.25) is 0 Å². The van der Waals surface area contributed by atoms with Gasteiger partial charge in [-0.25, -0.2) is 0 Å². The quantitative estimate of drug-likeness (QED) is 0.593. The van der Waals surface area contributed by atoms with E-state index in [-0.39, 0.29) is 0 Å². The van der Waals surface area contributed by atoms with Gasteiger partial charge in [-0.05, 0) is 28.6 Å². The van der Waals surface area contributed by atoms with Crippen molar-refractivity contribution in [2.75, 3.05) is 0 Å². The molecular formula is C16H12S2. The first-order chi connectivity index (χ1) is 8.84. The Labute approximate surface area is 116 Å². The Morgan fingerprint density at radius 2 is 1.50 bits per heavy atom. The van der Waals surface area contributed by atoms with Crippen LogP contribution in [0.4, 0.5) is 0 Å². The van der Waals surface area contributed by atoms with E-state index in [4.69, 9.17) is 0 Å². The van der Waals surface area contributed by atoms with Gasteiger partial charge in [0.05, 0.1) is 0 Å². The molecule has 2 heteroatoms. The average molecular weight is 268 g/mol. The first-order valence-electron chi connectivity index (χ1n) is 5.77. The molecule has 0 bridgehead atoms. The maximum Gasteiger partial charge on any atom is 0.0360 e. The van der Waals surface area contributed by atoms with Crippen LogP contribution in [0, 0.1) is 0 Å².